The molecule has 118 valence electrons. The van der Waals surface area contributed by atoms with Gasteiger partial charge < -0.3 is 10.4 Å². The second-order valence-electron chi connectivity index (χ2n) is 5.31. The first-order valence-corrected chi connectivity index (χ1v) is 9.34. The molecule has 1 unspecified atom stereocenters. The Balaban J connectivity index is 1.82. The zero-order chi connectivity index (χ0) is 15.3. The van der Waals surface area contributed by atoms with Gasteiger partial charge >= 0.3 is 0 Å². The third kappa shape index (κ3) is 5.47. The zero-order valence-electron chi connectivity index (χ0n) is 11.8. The van der Waals surface area contributed by atoms with Crippen LogP contribution in [0.3, 0.4) is 0 Å². The number of rotatable bonds is 6. The van der Waals surface area contributed by atoms with E-state index in [1.54, 1.807) is 0 Å². The van der Waals surface area contributed by atoms with Crippen molar-refractivity contribution in [3.05, 3.63) is 29.8 Å². The topological polar surface area (TPSA) is 69.6 Å². The molecule has 21 heavy (non-hydrogen) atoms. The Hall–Kier alpha value is -0.820. The van der Waals surface area contributed by atoms with E-state index in [0.717, 1.165) is 17.8 Å². The molecule has 1 aromatic carbocycles. The normalized spacial score (nSPS) is 20.1. The molecule has 1 aliphatic rings. The zero-order valence-corrected chi connectivity index (χ0v) is 13.4. The maximum absolute atomic E-state index is 11.4. The van der Waals surface area contributed by atoms with E-state index in [0.29, 0.717) is 19.6 Å². The van der Waals surface area contributed by atoms with Crippen molar-refractivity contribution in [2.45, 2.75) is 12.6 Å². The molecule has 0 aliphatic carbocycles. The van der Waals surface area contributed by atoms with E-state index >= 15 is 0 Å². The Morgan fingerprint density at radius 2 is 1.86 bits per heavy atom. The molecule has 5 nitrogen and oxygen atoms in total. The number of benzene rings is 1. The van der Waals surface area contributed by atoms with Crippen molar-refractivity contribution in [1.82, 2.24) is 4.90 Å². The smallest absolute Gasteiger partial charge is 0.152 e. The molecular formula is C14H21ClN2O3S. The van der Waals surface area contributed by atoms with Gasteiger partial charge in [0.25, 0.3) is 0 Å². The highest BCUT2D eigenvalue weighted by Crippen LogP contribution is 2.13. The van der Waals surface area contributed by atoms with Gasteiger partial charge in [0.15, 0.2) is 9.84 Å². The number of hydrogen-bond donors (Lipinski definition) is 2. The van der Waals surface area contributed by atoms with Gasteiger partial charge in [-0.15, -0.1) is 11.6 Å². The van der Waals surface area contributed by atoms with Gasteiger partial charge in [0.05, 0.1) is 23.5 Å². The van der Waals surface area contributed by atoms with Gasteiger partial charge in [-0.05, 0) is 17.7 Å². The van der Waals surface area contributed by atoms with Gasteiger partial charge in [-0.2, -0.15) is 0 Å². The summed E-state index contributed by atoms with van der Waals surface area (Å²) in [6.45, 7) is 2.39. The van der Waals surface area contributed by atoms with Crippen molar-refractivity contribution >= 4 is 27.1 Å². The van der Waals surface area contributed by atoms with Crippen LogP contribution in [0.1, 0.15) is 5.56 Å². The van der Waals surface area contributed by atoms with Crippen LogP contribution in [0.2, 0.25) is 0 Å². The largest absolute Gasteiger partial charge is 0.390 e. The summed E-state index contributed by atoms with van der Waals surface area (Å²) in [7, 11) is -2.82. The molecule has 2 rings (SSSR count). The predicted octanol–water partition coefficient (Wildman–Crippen LogP) is 0.929. The number of halogens is 1. The van der Waals surface area contributed by atoms with E-state index in [4.69, 9.17) is 11.6 Å². The lowest BCUT2D eigenvalue weighted by atomic mass is 10.2. The number of nitrogens with one attached hydrogen (secondary N) is 1. The molecule has 1 aromatic rings. The number of anilines is 1. The Bertz CT molecular complexity index is 534. The third-order valence-corrected chi connectivity index (χ3v) is 5.48. The van der Waals surface area contributed by atoms with E-state index in [2.05, 4.69) is 10.2 Å². The summed E-state index contributed by atoms with van der Waals surface area (Å²) < 4.78 is 22.8. The fourth-order valence-electron chi connectivity index (χ4n) is 2.18. The monoisotopic (exact) mass is 332 g/mol. The summed E-state index contributed by atoms with van der Waals surface area (Å²) in [5, 5.41) is 12.5. The van der Waals surface area contributed by atoms with Crippen molar-refractivity contribution in [2.24, 2.45) is 0 Å². The van der Waals surface area contributed by atoms with Crippen LogP contribution in [0.25, 0.3) is 0 Å². The third-order valence-electron chi connectivity index (χ3n) is 3.52. The van der Waals surface area contributed by atoms with Gasteiger partial charge in [0.2, 0.25) is 0 Å². The summed E-state index contributed by atoms with van der Waals surface area (Å²) in [6.07, 6.45) is -0.554. The van der Waals surface area contributed by atoms with Crippen LogP contribution in [0.5, 0.6) is 0 Å². The molecule has 0 saturated carbocycles. The average Bonchev–Trinajstić information content (AvgIpc) is 2.48. The van der Waals surface area contributed by atoms with Crippen molar-refractivity contribution < 1.29 is 13.5 Å². The second kappa shape index (κ2) is 7.45. The van der Waals surface area contributed by atoms with E-state index in [9.17, 15) is 13.5 Å². The Labute approximate surface area is 130 Å². The van der Waals surface area contributed by atoms with Gasteiger partial charge in [-0.25, -0.2) is 8.42 Å². The van der Waals surface area contributed by atoms with Crippen molar-refractivity contribution in [3.63, 3.8) is 0 Å². The van der Waals surface area contributed by atoms with Crippen molar-refractivity contribution in [2.75, 3.05) is 42.3 Å². The minimum atomic E-state index is -2.82. The van der Waals surface area contributed by atoms with Crippen LogP contribution < -0.4 is 5.32 Å². The minimum Gasteiger partial charge on any atom is -0.390 e. The Kier molecular flexibility index (Phi) is 5.87. The molecule has 0 amide bonds. The summed E-state index contributed by atoms with van der Waals surface area (Å²) >= 11 is 5.53. The number of alkyl halides is 1. The summed E-state index contributed by atoms with van der Waals surface area (Å²) in [5.41, 5.74) is 2.09. The molecule has 1 saturated heterocycles. The molecule has 1 aliphatic heterocycles. The number of nitrogens with zero attached hydrogens (tertiary/aromatic N) is 1. The van der Waals surface area contributed by atoms with Gasteiger partial charge in [0, 0.05) is 31.9 Å². The Morgan fingerprint density at radius 3 is 2.43 bits per heavy atom. The van der Waals surface area contributed by atoms with Crippen LogP contribution >= 0.6 is 11.6 Å². The van der Waals surface area contributed by atoms with Gasteiger partial charge in [-0.3, -0.25) is 4.90 Å². The molecule has 0 radical (unpaired) electrons. The van der Waals surface area contributed by atoms with Crippen molar-refractivity contribution in [3.8, 4) is 0 Å². The van der Waals surface area contributed by atoms with Crippen LogP contribution in [0.15, 0.2) is 24.3 Å². The van der Waals surface area contributed by atoms with E-state index in [-0.39, 0.29) is 17.4 Å². The number of hydrogen-bond acceptors (Lipinski definition) is 5. The second-order valence-corrected chi connectivity index (χ2v) is 7.93. The first-order valence-electron chi connectivity index (χ1n) is 6.98. The molecule has 2 N–H and O–H groups in total. The predicted molar refractivity (Wildman–Crippen MR) is 85.6 cm³/mol. The highest BCUT2D eigenvalue weighted by atomic mass is 35.5. The first kappa shape index (κ1) is 16.5. The summed E-state index contributed by atoms with van der Waals surface area (Å²) in [4.78, 5) is 2.15. The maximum Gasteiger partial charge on any atom is 0.152 e. The first-order chi connectivity index (χ1) is 9.98. The van der Waals surface area contributed by atoms with E-state index in [1.807, 2.05) is 24.3 Å². The fraction of sp³-hybridized carbons (Fsp3) is 0.571. The van der Waals surface area contributed by atoms with Crippen LogP contribution in [-0.2, 0) is 16.4 Å². The van der Waals surface area contributed by atoms with Crippen molar-refractivity contribution in [1.29, 1.82) is 0 Å². The van der Waals surface area contributed by atoms with Gasteiger partial charge in [-0.1, -0.05) is 12.1 Å². The highest BCUT2D eigenvalue weighted by Gasteiger charge is 2.21. The lowest BCUT2D eigenvalue weighted by Crippen LogP contribution is -2.39. The molecule has 1 atom stereocenters. The average molecular weight is 333 g/mol. The standard InChI is InChI=1S/C14H21ClN2O3S/c15-9-14(18)10-16-13-3-1-12(2-4-13)11-17-5-7-21(19,20)8-6-17/h1-4,14,16,18H,5-11H2. The fourth-order valence-corrected chi connectivity index (χ4v) is 3.57. The molecule has 0 spiro atoms. The van der Waals surface area contributed by atoms with Crippen LogP contribution in [0.4, 0.5) is 5.69 Å². The molecule has 0 bridgehead atoms. The summed E-state index contributed by atoms with van der Waals surface area (Å²) in [6, 6.07) is 7.94. The molecule has 7 heteroatoms. The number of sulfone groups is 1. The lowest BCUT2D eigenvalue weighted by molar-refractivity contribution is 0.211. The van der Waals surface area contributed by atoms with Crippen LogP contribution in [0, 0.1) is 0 Å². The highest BCUT2D eigenvalue weighted by molar-refractivity contribution is 7.91. The maximum atomic E-state index is 11.4. The summed E-state index contributed by atoms with van der Waals surface area (Å²) in [5.74, 6) is 0.717. The minimum absolute atomic E-state index is 0.211. The quantitative estimate of drug-likeness (QED) is 0.758. The SMILES string of the molecule is O=S1(=O)CCN(Cc2ccc(NCC(O)CCl)cc2)CC1. The van der Waals surface area contributed by atoms with E-state index < -0.39 is 15.9 Å². The van der Waals surface area contributed by atoms with Gasteiger partial charge in [0.1, 0.15) is 0 Å². The molecular weight excluding hydrogens is 312 g/mol. The number of aliphatic hydroxyl groups excluding tert-OH is 1. The Morgan fingerprint density at radius 1 is 1.24 bits per heavy atom. The molecule has 1 heterocycles. The number of aliphatic hydroxyl groups is 1. The molecule has 1 fully saturated rings. The van der Waals surface area contributed by atoms with Crippen LogP contribution in [-0.4, -0.2) is 61.5 Å². The molecule has 0 aromatic heterocycles. The van der Waals surface area contributed by atoms with E-state index in [1.165, 1.54) is 0 Å². The lowest BCUT2D eigenvalue weighted by Gasteiger charge is -2.26.